The first kappa shape index (κ1) is 14.1. The van der Waals surface area contributed by atoms with Gasteiger partial charge >= 0.3 is 10.2 Å². The van der Waals surface area contributed by atoms with Crippen LogP contribution in [-0.4, -0.2) is 15.4 Å². The number of halogens is 5. The zero-order chi connectivity index (χ0) is 14.2. The van der Waals surface area contributed by atoms with Crippen molar-refractivity contribution in [2.24, 2.45) is 0 Å². The second-order valence-corrected chi connectivity index (χ2v) is 7.11. The maximum atomic E-state index is 12.5. The van der Waals surface area contributed by atoms with Crippen LogP contribution in [0.4, 0.5) is 19.4 Å². The Hall–Kier alpha value is -1.29. The van der Waals surface area contributed by atoms with E-state index in [1.165, 1.54) is 18.0 Å². The smallest absolute Gasteiger partial charge is 0.197 e. The minimum atomic E-state index is -9.57. The molecule has 0 saturated carbocycles. The average Bonchev–Trinajstić information content (AvgIpc) is 2.76. The van der Waals surface area contributed by atoms with E-state index in [-0.39, 0.29) is 0 Å². The number of H-pyrrole nitrogens is 1. The van der Waals surface area contributed by atoms with E-state index in [0.29, 0.717) is 28.5 Å². The van der Waals surface area contributed by atoms with Crippen LogP contribution < -0.4 is 0 Å². The Morgan fingerprint density at radius 2 is 1.68 bits per heavy atom. The normalized spacial score (nSPS) is 15.8. The molecule has 2 aromatic rings. The lowest BCUT2D eigenvalue weighted by molar-refractivity contribution is 0.364. The summed E-state index contributed by atoms with van der Waals surface area (Å²) in [6.45, 7) is 0. The highest BCUT2D eigenvalue weighted by molar-refractivity contribution is 8.45. The topological polar surface area (TPSA) is 41.6 Å². The van der Waals surface area contributed by atoms with E-state index in [1.54, 1.807) is 0 Å². The first-order valence-electron chi connectivity index (χ1n) is 4.86. The number of hydrogen-bond acceptors (Lipinski definition) is 3. The number of aromatic amines is 1. The number of nitrogens with one attached hydrogen (secondary N) is 1. The van der Waals surface area contributed by atoms with Crippen molar-refractivity contribution in [3.05, 3.63) is 36.0 Å². The fourth-order valence-electron chi connectivity index (χ4n) is 1.26. The average molecular weight is 317 g/mol. The van der Waals surface area contributed by atoms with Crippen LogP contribution in [0, 0.1) is 0 Å². The summed E-state index contributed by atoms with van der Waals surface area (Å²) in [6.07, 6.45) is 1.45. The maximum absolute atomic E-state index is 12.5. The molecule has 0 bridgehead atoms. The van der Waals surface area contributed by atoms with Gasteiger partial charge in [-0.1, -0.05) is 43.3 Å². The van der Waals surface area contributed by atoms with Crippen molar-refractivity contribution in [1.29, 1.82) is 0 Å². The summed E-state index contributed by atoms with van der Waals surface area (Å²) in [7, 11) is -9.57. The van der Waals surface area contributed by atoms with Gasteiger partial charge in [-0.2, -0.15) is 10.3 Å². The molecular formula is C9H8F5N3S2. The molecule has 0 aliphatic heterocycles. The van der Waals surface area contributed by atoms with Gasteiger partial charge in [0.15, 0.2) is 0 Å². The molecule has 1 heterocycles. The van der Waals surface area contributed by atoms with E-state index in [2.05, 4.69) is 15.4 Å². The van der Waals surface area contributed by atoms with Crippen molar-refractivity contribution in [3.8, 4) is 0 Å². The predicted molar refractivity (Wildman–Crippen MR) is 63.8 cm³/mol. The standard InChI is InChI=1S/C9H8F5N3S2/c10-19(11,12,13,14)8-3-1-7(2-4-8)6-18-9-5-15-17-16-9/h1-5H,6H2,(H,15,16,17). The zero-order valence-corrected chi connectivity index (χ0v) is 10.8. The van der Waals surface area contributed by atoms with Crippen LogP contribution in [0.15, 0.2) is 40.4 Å². The fourth-order valence-corrected chi connectivity index (χ4v) is 2.65. The van der Waals surface area contributed by atoms with Crippen molar-refractivity contribution in [2.75, 3.05) is 0 Å². The van der Waals surface area contributed by atoms with E-state index >= 15 is 0 Å². The number of aromatic nitrogens is 3. The molecular weight excluding hydrogens is 309 g/mol. The molecule has 0 unspecified atom stereocenters. The SMILES string of the molecule is FS(F)(F)(F)(F)c1ccc(CSc2cn[nH]n2)cc1. The van der Waals surface area contributed by atoms with E-state index in [0.717, 1.165) is 12.1 Å². The Morgan fingerprint density at radius 3 is 2.16 bits per heavy atom. The molecule has 0 saturated heterocycles. The van der Waals surface area contributed by atoms with Crippen molar-refractivity contribution < 1.29 is 19.4 Å². The lowest BCUT2D eigenvalue weighted by Gasteiger charge is -2.40. The highest BCUT2D eigenvalue weighted by Crippen LogP contribution is 3.02. The molecule has 3 nitrogen and oxygen atoms in total. The number of nitrogens with zero attached hydrogens (tertiary/aromatic N) is 2. The molecule has 0 spiro atoms. The quantitative estimate of drug-likeness (QED) is 0.653. The Balaban J connectivity index is 2.12. The third-order valence-electron chi connectivity index (χ3n) is 2.15. The molecule has 19 heavy (non-hydrogen) atoms. The summed E-state index contributed by atoms with van der Waals surface area (Å²) >= 11 is 1.23. The molecule has 106 valence electrons. The van der Waals surface area contributed by atoms with Crippen LogP contribution in [0.5, 0.6) is 0 Å². The largest absolute Gasteiger partial charge is 0.310 e. The first-order valence-corrected chi connectivity index (χ1v) is 7.80. The number of thioether (sulfide) groups is 1. The Labute approximate surface area is 109 Å². The van der Waals surface area contributed by atoms with Gasteiger partial charge in [0, 0.05) is 5.75 Å². The molecule has 0 atom stereocenters. The molecule has 0 radical (unpaired) electrons. The summed E-state index contributed by atoms with van der Waals surface area (Å²) in [5.41, 5.74) is 0.485. The van der Waals surface area contributed by atoms with E-state index in [1.807, 2.05) is 0 Å². The molecule has 2 rings (SSSR count). The van der Waals surface area contributed by atoms with E-state index in [4.69, 9.17) is 0 Å². The van der Waals surface area contributed by atoms with Gasteiger partial charge in [0.25, 0.3) is 0 Å². The third-order valence-corrected chi connectivity index (χ3v) is 4.28. The van der Waals surface area contributed by atoms with Crippen molar-refractivity contribution in [1.82, 2.24) is 15.4 Å². The molecule has 1 aromatic heterocycles. The van der Waals surface area contributed by atoms with Crippen molar-refractivity contribution in [2.45, 2.75) is 15.7 Å². The van der Waals surface area contributed by atoms with Crippen molar-refractivity contribution in [3.63, 3.8) is 0 Å². The molecule has 0 aliphatic carbocycles. The minimum absolute atomic E-state index is 0.313. The van der Waals surface area contributed by atoms with Gasteiger partial charge < -0.3 is 0 Å². The second-order valence-electron chi connectivity index (χ2n) is 3.71. The summed E-state index contributed by atoms with van der Waals surface area (Å²) < 4.78 is 62.3. The van der Waals surface area contributed by atoms with Crippen LogP contribution in [0.2, 0.25) is 0 Å². The Bertz CT molecular complexity index is 564. The number of benzene rings is 1. The Morgan fingerprint density at radius 1 is 1.05 bits per heavy atom. The van der Waals surface area contributed by atoms with Crippen LogP contribution in [0.1, 0.15) is 5.56 Å². The zero-order valence-electron chi connectivity index (χ0n) is 9.19. The van der Waals surface area contributed by atoms with Gasteiger partial charge in [-0.05, 0) is 17.7 Å². The molecule has 0 aliphatic rings. The van der Waals surface area contributed by atoms with Gasteiger partial charge in [0.05, 0.1) is 6.20 Å². The van der Waals surface area contributed by atoms with Gasteiger partial charge in [-0.15, -0.1) is 5.10 Å². The van der Waals surface area contributed by atoms with Gasteiger partial charge in [-0.3, -0.25) is 0 Å². The third kappa shape index (κ3) is 3.83. The predicted octanol–water partition coefficient (Wildman–Crippen LogP) is 4.75. The highest BCUT2D eigenvalue weighted by Gasteiger charge is 2.65. The molecule has 1 N–H and O–H groups in total. The lowest BCUT2D eigenvalue weighted by atomic mass is 10.2. The lowest BCUT2D eigenvalue weighted by Crippen LogP contribution is -2.05. The van der Waals surface area contributed by atoms with Crippen LogP contribution in [0.25, 0.3) is 0 Å². The second kappa shape index (κ2) is 3.85. The van der Waals surface area contributed by atoms with Gasteiger partial charge in [0.1, 0.15) is 9.92 Å². The van der Waals surface area contributed by atoms with E-state index in [9.17, 15) is 19.4 Å². The maximum Gasteiger partial charge on any atom is 0.310 e. The fraction of sp³-hybridized carbons (Fsp3) is 0.111. The monoisotopic (exact) mass is 317 g/mol. The highest BCUT2D eigenvalue weighted by atomic mass is 32.5. The minimum Gasteiger partial charge on any atom is -0.197 e. The molecule has 10 heteroatoms. The first-order chi connectivity index (χ1) is 8.54. The Kier molecular flexibility index (Phi) is 2.87. The van der Waals surface area contributed by atoms with Gasteiger partial charge in [-0.25, -0.2) is 0 Å². The summed E-state index contributed by atoms with van der Waals surface area (Å²) in [5.74, 6) is 0.313. The number of rotatable bonds is 4. The summed E-state index contributed by atoms with van der Waals surface area (Å²) in [5, 5.41) is 10.2. The van der Waals surface area contributed by atoms with Gasteiger partial charge in [0.2, 0.25) is 0 Å². The summed E-state index contributed by atoms with van der Waals surface area (Å²) in [6, 6.07) is 2.86. The molecule has 0 amide bonds. The van der Waals surface area contributed by atoms with Crippen LogP contribution >= 0.6 is 22.0 Å². The van der Waals surface area contributed by atoms with Crippen LogP contribution in [0.3, 0.4) is 0 Å². The molecule has 1 aromatic carbocycles. The van der Waals surface area contributed by atoms with Crippen molar-refractivity contribution >= 4 is 22.0 Å². The van der Waals surface area contributed by atoms with Crippen LogP contribution in [-0.2, 0) is 5.75 Å². The number of hydrogen-bond donors (Lipinski definition) is 1. The summed E-state index contributed by atoms with van der Waals surface area (Å²) in [4.78, 5) is -1.88. The molecule has 0 fully saturated rings. The van der Waals surface area contributed by atoms with E-state index < -0.39 is 15.1 Å².